The first-order valence-electron chi connectivity index (χ1n) is 7.42. The summed E-state index contributed by atoms with van der Waals surface area (Å²) in [5.41, 5.74) is 0.582. The van der Waals surface area contributed by atoms with Crippen LogP contribution in [0, 0.1) is 11.6 Å². The van der Waals surface area contributed by atoms with Gasteiger partial charge in [-0.05, 0) is 29.8 Å². The van der Waals surface area contributed by atoms with Crippen molar-refractivity contribution in [3.63, 3.8) is 0 Å². The number of hydrogen-bond donors (Lipinski definition) is 1. The number of hydrogen-bond acceptors (Lipinski definition) is 4. The molecule has 0 bridgehead atoms. The van der Waals surface area contributed by atoms with Crippen LogP contribution in [0.15, 0.2) is 42.5 Å². The molecule has 0 saturated heterocycles. The Labute approximate surface area is 143 Å². The van der Waals surface area contributed by atoms with E-state index in [9.17, 15) is 18.4 Å². The van der Waals surface area contributed by atoms with Gasteiger partial charge in [-0.25, -0.2) is 13.6 Å². The maximum absolute atomic E-state index is 13.3. The number of benzene rings is 2. The number of carbonyl (C=O) groups is 2. The second-order valence-corrected chi connectivity index (χ2v) is 5.19. The number of halogens is 2. The number of para-hydroxylation sites is 1. The van der Waals surface area contributed by atoms with E-state index in [0.29, 0.717) is 11.3 Å². The lowest BCUT2D eigenvalue weighted by Gasteiger charge is -2.18. The van der Waals surface area contributed by atoms with Crippen LogP contribution in [0.4, 0.5) is 8.78 Å². The second kappa shape index (κ2) is 8.23. The molecule has 1 amide bonds. The Balaban J connectivity index is 2.21. The summed E-state index contributed by atoms with van der Waals surface area (Å²) >= 11 is 0. The standard InChI is InChI=1S/C18H17F2NO4/c1-24-16-6-4-3-5-11(16)10-15(18(23)25-2)21-17(22)12-7-8-13(19)14(20)9-12/h3-9,15H,10H2,1-2H3,(H,21,22)/t15-/m0/s1. The smallest absolute Gasteiger partial charge is 0.328 e. The summed E-state index contributed by atoms with van der Waals surface area (Å²) in [5, 5.41) is 2.47. The molecule has 1 atom stereocenters. The summed E-state index contributed by atoms with van der Waals surface area (Å²) in [5.74, 6) is -3.04. The molecular weight excluding hydrogens is 332 g/mol. The Bertz CT molecular complexity index is 779. The SMILES string of the molecule is COC(=O)[C@H](Cc1ccccc1OC)NC(=O)c1ccc(F)c(F)c1. The molecule has 0 aliphatic rings. The third-order valence-electron chi connectivity index (χ3n) is 3.59. The molecule has 1 N–H and O–H groups in total. The fourth-order valence-corrected chi connectivity index (χ4v) is 2.31. The van der Waals surface area contributed by atoms with E-state index in [1.807, 2.05) is 0 Å². The predicted molar refractivity (Wildman–Crippen MR) is 86.3 cm³/mol. The minimum atomic E-state index is -1.15. The average molecular weight is 349 g/mol. The number of carbonyl (C=O) groups excluding carboxylic acids is 2. The van der Waals surface area contributed by atoms with Gasteiger partial charge >= 0.3 is 5.97 Å². The number of amides is 1. The predicted octanol–water partition coefficient (Wildman–Crippen LogP) is 2.49. The molecule has 0 aliphatic heterocycles. The summed E-state index contributed by atoms with van der Waals surface area (Å²) in [6.07, 6.45) is 0.117. The van der Waals surface area contributed by atoms with Crippen molar-refractivity contribution >= 4 is 11.9 Å². The van der Waals surface area contributed by atoms with E-state index in [2.05, 4.69) is 5.32 Å². The number of nitrogens with one attached hydrogen (secondary N) is 1. The fourth-order valence-electron chi connectivity index (χ4n) is 2.31. The van der Waals surface area contributed by atoms with Crippen LogP contribution in [0.2, 0.25) is 0 Å². The Kier molecular flexibility index (Phi) is 6.05. The van der Waals surface area contributed by atoms with Gasteiger partial charge < -0.3 is 14.8 Å². The molecule has 2 aromatic rings. The maximum atomic E-state index is 13.3. The van der Waals surface area contributed by atoms with E-state index < -0.39 is 29.6 Å². The molecule has 0 unspecified atom stereocenters. The summed E-state index contributed by atoms with van der Waals surface area (Å²) in [4.78, 5) is 24.2. The highest BCUT2D eigenvalue weighted by Gasteiger charge is 2.24. The van der Waals surface area contributed by atoms with Crippen LogP contribution in [-0.2, 0) is 16.0 Å². The lowest BCUT2D eigenvalue weighted by molar-refractivity contribution is -0.142. The minimum absolute atomic E-state index is 0.104. The number of ether oxygens (including phenoxy) is 2. The Morgan fingerprint density at radius 2 is 1.80 bits per heavy atom. The van der Waals surface area contributed by atoms with E-state index in [4.69, 9.17) is 9.47 Å². The molecule has 5 nitrogen and oxygen atoms in total. The third kappa shape index (κ3) is 4.53. The fraction of sp³-hybridized carbons (Fsp3) is 0.222. The first-order valence-corrected chi connectivity index (χ1v) is 7.42. The first kappa shape index (κ1) is 18.4. The van der Waals surface area contributed by atoms with E-state index in [-0.39, 0.29) is 12.0 Å². The second-order valence-electron chi connectivity index (χ2n) is 5.19. The van der Waals surface area contributed by atoms with Gasteiger partial charge in [0.25, 0.3) is 5.91 Å². The Morgan fingerprint density at radius 1 is 1.08 bits per heavy atom. The van der Waals surface area contributed by atoms with Crippen LogP contribution in [0.3, 0.4) is 0 Å². The summed E-state index contributed by atoms with van der Waals surface area (Å²) in [6.45, 7) is 0. The van der Waals surface area contributed by atoms with Crippen molar-refractivity contribution in [3.05, 3.63) is 65.2 Å². The molecule has 0 radical (unpaired) electrons. The molecule has 0 aliphatic carbocycles. The quantitative estimate of drug-likeness (QED) is 0.814. The molecule has 7 heteroatoms. The van der Waals surface area contributed by atoms with Crippen LogP contribution in [0.25, 0.3) is 0 Å². The number of esters is 1. The van der Waals surface area contributed by atoms with Crippen LogP contribution < -0.4 is 10.1 Å². The summed E-state index contributed by atoms with van der Waals surface area (Å²) < 4.78 is 36.2. The van der Waals surface area contributed by atoms with Gasteiger partial charge in [-0.1, -0.05) is 18.2 Å². The first-order chi connectivity index (χ1) is 12.0. The molecule has 0 fully saturated rings. The van der Waals surface area contributed by atoms with Crippen molar-refractivity contribution < 1.29 is 27.8 Å². The van der Waals surface area contributed by atoms with Crippen molar-refractivity contribution in [1.29, 1.82) is 0 Å². The molecule has 132 valence electrons. The van der Waals surface area contributed by atoms with Gasteiger partial charge in [0, 0.05) is 12.0 Å². The Hall–Kier alpha value is -2.96. The summed E-state index contributed by atoms with van der Waals surface area (Å²) in [7, 11) is 2.69. The molecule has 2 aromatic carbocycles. The van der Waals surface area contributed by atoms with Crippen LogP contribution in [0.5, 0.6) is 5.75 Å². The molecule has 25 heavy (non-hydrogen) atoms. The molecule has 0 spiro atoms. The normalized spacial score (nSPS) is 11.5. The van der Waals surface area contributed by atoms with Crippen molar-refractivity contribution in [2.24, 2.45) is 0 Å². The third-order valence-corrected chi connectivity index (χ3v) is 3.59. The van der Waals surface area contributed by atoms with Crippen LogP contribution in [-0.4, -0.2) is 32.1 Å². The van der Waals surface area contributed by atoms with Gasteiger partial charge in [0.2, 0.25) is 0 Å². The largest absolute Gasteiger partial charge is 0.496 e. The monoisotopic (exact) mass is 349 g/mol. The lowest BCUT2D eigenvalue weighted by atomic mass is 10.0. The van der Waals surface area contributed by atoms with E-state index >= 15 is 0 Å². The van der Waals surface area contributed by atoms with Gasteiger partial charge in [-0.15, -0.1) is 0 Å². The highest BCUT2D eigenvalue weighted by molar-refractivity contribution is 5.96. The zero-order chi connectivity index (χ0) is 18.4. The van der Waals surface area contributed by atoms with Gasteiger partial charge in [-0.2, -0.15) is 0 Å². The van der Waals surface area contributed by atoms with Crippen molar-refractivity contribution in [2.75, 3.05) is 14.2 Å². The topological polar surface area (TPSA) is 64.6 Å². The van der Waals surface area contributed by atoms with Crippen molar-refractivity contribution in [1.82, 2.24) is 5.32 Å². The number of methoxy groups -OCH3 is 2. The van der Waals surface area contributed by atoms with Crippen LogP contribution >= 0.6 is 0 Å². The van der Waals surface area contributed by atoms with E-state index in [1.165, 1.54) is 14.2 Å². The Morgan fingerprint density at radius 3 is 2.44 bits per heavy atom. The maximum Gasteiger partial charge on any atom is 0.328 e. The lowest BCUT2D eigenvalue weighted by Crippen LogP contribution is -2.43. The van der Waals surface area contributed by atoms with E-state index in [1.54, 1.807) is 24.3 Å². The van der Waals surface area contributed by atoms with Crippen molar-refractivity contribution in [2.45, 2.75) is 12.5 Å². The van der Waals surface area contributed by atoms with E-state index in [0.717, 1.165) is 18.2 Å². The highest BCUT2D eigenvalue weighted by atomic mass is 19.2. The van der Waals surface area contributed by atoms with Gasteiger partial charge in [-0.3, -0.25) is 4.79 Å². The van der Waals surface area contributed by atoms with Gasteiger partial charge in [0.15, 0.2) is 11.6 Å². The van der Waals surface area contributed by atoms with Gasteiger partial charge in [0.05, 0.1) is 14.2 Å². The summed E-state index contributed by atoms with van der Waals surface area (Å²) in [6, 6.07) is 8.74. The zero-order valence-electron chi connectivity index (χ0n) is 13.7. The van der Waals surface area contributed by atoms with Crippen molar-refractivity contribution in [3.8, 4) is 5.75 Å². The molecule has 2 rings (SSSR count). The minimum Gasteiger partial charge on any atom is -0.496 e. The molecular formula is C18H17F2NO4. The van der Waals surface area contributed by atoms with Crippen LogP contribution in [0.1, 0.15) is 15.9 Å². The average Bonchev–Trinajstić information content (AvgIpc) is 2.63. The van der Waals surface area contributed by atoms with Gasteiger partial charge in [0.1, 0.15) is 11.8 Å². The molecule has 0 heterocycles. The zero-order valence-corrected chi connectivity index (χ0v) is 13.7. The molecule has 0 aromatic heterocycles. The molecule has 0 saturated carbocycles. The number of rotatable bonds is 6. The highest BCUT2D eigenvalue weighted by Crippen LogP contribution is 2.19.